The molecule has 1 fully saturated rings. The van der Waals surface area contributed by atoms with Crippen LogP contribution in [0, 0.1) is 22.0 Å². The molecule has 3 aromatic rings. The molecule has 3 aliphatic carbocycles. The molecule has 208 valence electrons. The number of hydrogen-bond acceptors (Lipinski definition) is 8. The predicted octanol–water partition coefficient (Wildman–Crippen LogP) is 3.37. The van der Waals surface area contributed by atoms with E-state index in [0.29, 0.717) is 0 Å². The van der Waals surface area contributed by atoms with Gasteiger partial charge in [-0.25, -0.2) is 4.79 Å². The molecule has 3 atom stereocenters. The first kappa shape index (κ1) is 26.2. The van der Waals surface area contributed by atoms with Gasteiger partial charge in [-0.2, -0.15) is 0 Å². The Bertz CT molecular complexity index is 1520. The Morgan fingerprint density at radius 2 is 1.44 bits per heavy atom. The summed E-state index contributed by atoms with van der Waals surface area (Å²) in [5, 5.41) is 13.7. The van der Waals surface area contributed by atoms with Gasteiger partial charge < -0.3 is 14.8 Å². The molecule has 0 aromatic heterocycles. The molecular formula is C30H25N3O8. The van der Waals surface area contributed by atoms with E-state index < -0.39 is 53.1 Å². The zero-order valence-electron chi connectivity index (χ0n) is 22.1. The van der Waals surface area contributed by atoms with Crippen LogP contribution in [0.1, 0.15) is 41.0 Å². The fourth-order valence-corrected chi connectivity index (χ4v) is 6.53. The summed E-state index contributed by atoms with van der Waals surface area (Å²) in [4.78, 5) is 64.7. The number of rotatable bonds is 7. The zero-order valence-corrected chi connectivity index (χ0v) is 22.1. The van der Waals surface area contributed by atoms with Crippen molar-refractivity contribution in [3.05, 3.63) is 99.1 Å². The van der Waals surface area contributed by atoms with Crippen molar-refractivity contribution in [3.8, 4) is 5.75 Å². The Hall–Kier alpha value is -5.06. The van der Waals surface area contributed by atoms with E-state index in [1.807, 2.05) is 48.5 Å². The lowest BCUT2D eigenvalue weighted by Gasteiger charge is -2.45. The van der Waals surface area contributed by atoms with Gasteiger partial charge in [0, 0.05) is 24.0 Å². The first-order valence-corrected chi connectivity index (χ1v) is 13.1. The Morgan fingerprint density at radius 3 is 1.90 bits per heavy atom. The summed E-state index contributed by atoms with van der Waals surface area (Å²) in [6.07, 6.45) is 0. The second-order valence-corrected chi connectivity index (χ2v) is 10.3. The Balaban J connectivity index is 1.19. The quantitative estimate of drug-likeness (QED) is 0.202. The second-order valence-electron chi connectivity index (χ2n) is 10.3. The van der Waals surface area contributed by atoms with E-state index >= 15 is 0 Å². The molecule has 3 aromatic carbocycles. The van der Waals surface area contributed by atoms with Crippen molar-refractivity contribution in [1.82, 2.24) is 4.90 Å². The molecule has 0 spiro atoms. The highest BCUT2D eigenvalue weighted by molar-refractivity contribution is 6.10. The van der Waals surface area contributed by atoms with Crippen LogP contribution in [0.25, 0.3) is 0 Å². The third-order valence-corrected chi connectivity index (χ3v) is 8.23. The number of nitrogens with zero attached hydrogens (tertiary/aromatic N) is 2. The third kappa shape index (κ3) is 4.03. The molecule has 1 N–H and O–H groups in total. The van der Waals surface area contributed by atoms with Crippen molar-refractivity contribution in [2.24, 2.45) is 11.8 Å². The SMILES string of the molecule is COc1ccc([N+](=O)[O-])c(NC(=O)COC(=O)[C@@H](C)N2C(=O)[C@@H]3C4c5ccccc5C(c5ccccc54)[C@@H]3C2=O)c1. The number of ether oxygens (including phenoxy) is 2. The van der Waals surface area contributed by atoms with Crippen LogP contribution in [0.5, 0.6) is 5.75 Å². The number of nitro benzene ring substituents is 1. The molecule has 2 bridgehead atoms. The summed E-state index contributed by atoms with van der Waals surface area (Å²) in [7, 11) is 1.37. The van der Waals surface area contributed by atoms with Crippen molar-refractivity contribution in [2.45, 2.75) is 24.8 Å². The van der Waals surface area contributed by atoms with Crippen LogP contribution >= 0.6 is 0 Å². The molecule has 4 aliphatic rings. The van der Waals surface area contributed by atoms with Crippen LogP contribution in [0.2, 0.25) is 0 Å². The van der Waals surface area contributed by atoms with Gasteiger partial charge in [0.2, 0.25) is 11.8 Å². The van der Waals surface area contributed by atoms with Crippen molar-refractivity contribution < 1.29 is 33.6 Å². The van der Waals surface area contributed by atoms with Gasteiger partial charge in [-0.3, -0.25) is 29.4 Å². The number of imide groups is 1. The molecular weight excluding hydrogens is 530 g/mol. The molecule has 41 heavy (non-hydrogen) atoms. The first-order chi connectivity index (χ1) is 19.7. The topological polar surface area (TPSA) is 145 Å². The molecule has 0 radical (unpaired) electrons. The van der Waals surface area contributed by atoms with Gasteiger partial charge in [0.1, 0.15) is 17.5 Å². The smallest absolute Gasteiger partial charge is 0.329 e. The number of benzene rings is 3. The number of nitrogens with one attached hydrogen (secondary N) is 1. The number of hydrogen-bond donors (Lipinski definition) is 1. The van der Waals surface area contributed by atoms with Crippen molar-refractivity contribution in [3.63, 3.8) is 0 Å². The first-order valence-electron chi connectivity index (χ1n) is 13.1. The maximum absolute atomic E-state index is 13.8. The minimum atomic E-state index is -1.27. The number of carbonyl (C=O) groups is 4. The van der Waals surface area contributed by atoms with Crippen LogP contribution < -0.4 is 10.1 Å². The number of amides is 3. The summed E-state index contributed by atoms with van der Waals surface area (Å²) in [5.41, 5.74) is 3.55. The number of esters is 1. The molecule has 0 saturated carbocycles. The standard InChI is InChI=1S/C30H25N3O8/c1-15(30(37)41-14-23(34)31-21-13-16(40-2)11-12-22(21)33(38)39)32-28(35)26-24-17-7-3-4-8-18(17)25(27(26)29(32)36)20-10-6-5-9-19(20)24/h3-13,15,24-27H,14H2,1-2H3,(H,31,34)/t15-,24?,25?,26-,27+/m1/s1. The predicted molar refractivity (Wildman–Crippen MR) is 144 cm³/mol. The average molecular weight is 556 g/mol. The number of methoxy groups -OCH3 is 1. The molecule has 11 heteroatoms. The van der Waals surface area contributed by atoms with Gasteiger partial charge in [-0.15, -0.1) is 0 Å². The third-order valence-electron chi connectivity index (χ3n) is 8.23. The normalized spacial score (nSPS) is 22.3. The Kier molecular flexibility index (Phi) is 6.29. The highest BCUT2D eigenvalue weighted by Gasteiger charge is 2.62. The van der Waals surface area contributed by atoms with E-state index in [1.165, 1.54) is 32.2 Å². The van der Waals surface area contributed by atoms with Gasteiger partial charge in [0.05, 0.1) is 23.9 Å². The number of likely N-dealkylation sites (tertiary alicyclic amines) is 1. The van der Waals surface area contributed by atoms with Crippen molar-refractivity contribution >= 4 is 35.1 Å². The molecule has 7 rings (SSSR count). The highest BCUT2D eigenvalue weighted by Crippen LogP contribution is 2.61. The fourth-order valence-electron chi connectivity index (χ4n) is 6.53. The average Bonchev–Trinajstić information content (AvgIpc) is 3.25. The van der Waals surface area contributed by atoms with E-state index in [9.17, 15) is 29.3 Å². The Labute approximate surface area is 234 Å². The van der Waals surface area contributed by atoms with E-state index in [-0.39, 0.29) is 29.0 Å². The fraction of sp³-hybridized carbons (Fsp3) is 0.267. The van der Waals surface area contributed by atoms with E-state index in [0.717, 1.165) is 27.2 Å². The number of anilines is 1. The van der Waals surface area contributed by atoms with Gasteiger partial charge >= 0.3 is 5.97 Å². The summed E-state index contributed by atoms with van der Waals surface area (Å²) in [6, 6.07) is 18.2. The van der Waals surface area contributed by atoms with Gasteiger partial charge in [-0.1, -0.05) is 48.5 Å². The van der Waals surface area contributed by atoms with Gasteiger partial charge in [0.25, 0.3) is 11.6 Å². The van der Waals surface area contributed by atoms with Crippen molar-refractivity contribution in [1.29, 1.82) is 0 Å². The van der Waals surface area contributed by atoms with Gasteiger partial charge in [0.15, 0.2) is 6.61 Å². The second kappa shape index (κ2) is 9.84. The van der Waals surface area contributed by atoms with Crippen LogP contribution in [0.4, 0.5) is 11.4 Å². The summed E-state index contributed by atoms with van der Waals surface area (Å²) in [6.45, 7) is 0.616. The van der Waals surface area contributed by atoms with E-state index in [4.69, 9.17) is 9.47 Å². The Morgan fingerprint density at radius 1 is 0.927 bits per heavy atom. The molecule has 0 unspecified atom stereocenters. The lowest BCUT2D eigenvalue weighted by molar-refractivity contribution is -0.383. The minimum Gasteiger partial charge on any atom is -0.497 e. The summed E-state index contributed by atoms with van der Waals surface area (Å²) in [5.74, 6) is -4.31. The molecule has 11 nitrogen and oxygen atoms in total. The maximum atomic E-state index is 13.8. The van der Waals surface area contributed by atoms with E-state index in [1.54, 1.807) is 0 Å². The minimum absolute atomic E-state index is 0.132. The van der Waals surface area contributed by atoms with Crippen LogP contribution in [-0.2, 0) is 23.9 Å². The van der Waals surface area contributed by atoms with Crippen LogP contribution in [-0.4, -0.2) is 53.3 Å². The number of nitro groups is 1. The number of carbonyl (C=O) groups excluding carboxylic acids is 4. The largest absolute Gasteiger partial charge is 0.497 e. The maximum Gasteiger partial charge on any atom is 0.329 e. The molecule has 1 saturated heterocycles. The molecule has 1 heterocycles. The zero-order chi connectivity index (χ0) is 29.0. The van der Waals surface area contributed by atoms with Crippen molar-refractivity contribution in [2.75, 3.05) is 19.0 Å². The highest BCUT2D eigenvalue weighted by atomic mass is 16.6. The lowest BCUT2D eigenvalue weighted by Crippen LogP contribution is -2.45. The van der Waals surface area contributed by atoms with Crippen LogP contribution in [0.3, 0.4) is 0 Å². The summed E-state index contributed by atoms with van der Waals surface area (Å²) >= 11 is 0. The van der Waals surface area contributed by atoms with Gasteiger partial charge in [-0.05, 0) is 35.2 Å². The lowest BCUT2D eigenvalue weighted by atomic mass is 9.55. The van der Waals surface area contributed by atoms with Crippen LogP contribution in [0.15, 0.2) is 66.7 Å². The monoisotopic (exact) mass is 555 g/mol. The van der Waals surface area contributed by atoms with E-state index in [2.05, 4.69) is 5.32 Å². The molecule has 1 aliphatic heterocycles. The molecule has 3 amide bonds. The summed E-state index contributed by atoms with van der Waals surface area (Å²) < 4.78 is 10.2.